The number of halogens is 1. The Morgan fingerprint density at radius 3 is 2.61 bits per heavy atom. The zero-order chi connectivity index (χ0) is 20.2. The quantitative estimate of drug-likeness (QED) is 0.272. The van der Waals surface area contributed by atoms with E-state index in [0.29, 0.717) is 18.3 Å². The molecule has 0 saturated heterocycles. The third-order valence-corrected chi connectivity index (χ3v) is 4.24. The highest BCUT2D eigenvalue weighted by Crippen LogP contribution is 2.28. The van der Waals surface area contributed by atoms with Crippen LogP contribution in [-0.4, -0.2) is 37.7 Å². The summed E-state index contributed by atoms with van der Waals surface area (Å²) in [5, 5.41) is 7.12. The smallest absolute Gasteiger partial charge is 0.191 e. The molecule has 2 rings (SSSR count). The Kier molecular flexibility index (Phi) is 9.42. The van der Waals surface area contributed by atoms with Gasteiger partial charge in [0.1, 0.15) is 5.15 Å². The first kappa shape index (κ1) is 21.8. The second-order valence-electron chi connectivity index (χ2n) is 6.13. The maximum atomic E-state index is 5.82. The molecule has 28 heavy (non-hydrogen) atoms. The molecule has 0 radical (unpaired) electrons. The second kappa shape index (κ2) is 12.1. The van der Waals surface area contributed by atoms with Crippen LogP contribution in [0, 0.1) is 0 Å². The predicted octanol–water partition coefficient (Wildman–Crippen LogP) is 3.83. The molecule has 6 nitrogen and oxygen atoms in total. The monoisotopic (exact) mass is 404 g/mol. The Labute approximate surface area is 172 Å². The number of guanidine groups is 1. The molecule has 0 atom stereocenters. The SMILES string of the molecule is CCNC(=NCc1ccc(Cl)nc1)NCCCc1ccc(OC)c(OCC)c1. The maximum Gasteiger partial charge on any atom is 0.191 e. The highest BCUT2D eigenvalue weighted by molar-refractivity contribution is 6.29. The fourth-order valence-electron chi connectivity index (χ4n) is 2.66. The minimum absolute atomic E-state index is 0.490. The van der Waals surface area contributed by atoms with Gasteiger partial charge in [0.15, 0.2) is 17.5 Å². The Hall–Kier alpha value is -2.47. The van der Waals surface area contributed by atoms with Crippen LogP contribution in [0.15, 0.2) is 41.5 Å². The fourth-order valence-corrected chi connectivity index (χ4v) is 2.77. The summed E-state index contributed by atoms with van der Waals surface area (Å²) in [6, 6.07) is 9.79. The summed E-state index contributed by atoms with van der Waals surface area (Å²) in [6.07, 6.45) is 3.66. The zero-order valence-electron chi connectivity index (χ0n) is 16.8. The molecule has 152 valence electrons. The summed E-state index contributed by atoms with van der Waals surface area (Å²) in [5.74, 6) is 2.35. The Balaban J connectivity index is 1.84. The van der Waals surface area contributed by atoms with Gasteiger partial charge in [-0.3, -0.25) is 0 Å². The predicted molar refractivity (Wildman–Crippen MR) is 115 cm³/mol. The van der Waals surface area contributed by atoms with Crippen molar-refractivity contribution in [2.45, 2.75) is 33.2 Å². The van der Waals surface area contributed by atoms with Crippen molar-refractivity contribution in [1.82, 2.24) is 15.6 Å². The van der Waals surface area contributed by atoms with Crippen LogP contribution >= 0.6 is 11.6 Å². The van der Waals surface area contributed by atoms with Crippen LogP contribution in [0.4, 0.5) is 0 Å². The molecule has 0 aliphatic rings. The highest BCUT2D eigenvalue weighted by Gasteiger charge is 2.05. The first-order chi connectivity index (χ1) is 13.7. The van der Waals surface area contributed by atoms with Gasteiger partial charge in [0.05, 0.1) is 20.3 Å². The van der Waals surface area contributed by atoms with Gasteiger partial charge in [0, 0.05) is 19.3 Å². The van der Waals surface area contributed by atoms with E-state index in [4.69, 9.17) is 21.1 Å². The van der Waals surface area contributed by atoms with E-state index in [1.165, 1.54) is 5.56 Å². The molecular weight excluding hydrogens is 376 g/mol. The number of aliphatic imine (C=N–C) groups is 1. The van der Waals surface area contributed by atoms with E-state index in [1.54, 1.807) is 19.4 Å². The number of hydrogen-bond donors (Lipinski definition) is 2. The largest absolute Gasteiger partial charge is 0.493 e. The topological polar surface area (TPSA) is 67.8 Å². The van der Waals surface area contributed by atoms with E-state index in [-0.39, 0.29) is 0 Å². The number of rotatable bonds is 10. The molecule has 0 bridgehead atoms. The van der Waals surface area contributed by atoms with Gasteiger partial charge in [-0.2, -0.15) is 0 Å². The normalized spacial score (nSPS) is 11.2. The Morgan fingerprint density at radius 2 is 1.93 bits per heavy atom. The third kappa shape index (κ3) is 7.27. The van der Waals surface area contributed by atoms with Crippen molar-refractivity contribution in [2.75, 3.05) is 26.8 Å². The average Bonchev–Trinajstić information content (AvgIpc) is 2.71. The van der Waals surface area contributed by atoms with Crippen molar-refractivity contribution < 1.29 is 9.47 Å². The Morgan fingerprint density at radius 1 is 1.11 bits per heavy atom. The second-order valence-corrected chi connectivity index (χ2v) is 6.52. The lowest BCUT2D eigenvalue weighted by Crippen LogP contribution is -2.37. The summed E-state index contributed by atoms with van der Waals surface area (Å²) < 4.78 is 11.0. The molecule has 0 aliphatic heterocycles. The first-order valence-electron chi connectivity index (χ1n) is 9.58. The van der Waals surface area contributed by atoms with Crippen molar-refractivity contribution in [3.63, 3.8) is 0 Å². The van der Waals surface area contributed by atoms with Gasteiger partial charge in [0.25, 0.3) is 0 Å². The number of hydrogen-bond acceptors (Lipinski definition) is 4. The summed E-state index contributed by atoms with van der Waals surface area (Å²) in [4.78, 5) is 8.67. The molecule has 1 aromatic heterocycles. The molecule has 1 heterocycles. The number of methoxy groups -OCH3 is 1. The number of nitrogens with one attached hydrogen (secondary N) is 2. The minimum Gasteiger partial charge on any atom is -0.493 e. The fraction of sp³-hybridized carbons (Fsp3) is 0.429. The van der Waals surface area contributed by atoms with Gasteiger partial charge >= 0.3 is 0 Å². The van der Waals surface area contributed by atoms with Crippen molar-refractivity contribution in [3.05, 3.63) is 52.8 Å². The zero-order valence-corrected chi connectivity index (χ0v) is 17.6. The van der Waals surface area contributed by atoms with E-state index in [2.05, 4.69) is 32.7 Å². The third-order valence-electron chi connectivity index (χ3n) is 4.02. The van der Waals surface area contributed by atoms with Crippen molar-refractivity contribution >= 4 is 17.6 Å². The number of aryl methyl sites for hydroxylation is 1. The van der Waals surface area contributed by atoms with E-state index >= 15 is 0 Å². The first-order valence-corrected chi connectivity index (χ1v) is 9.96. The van der Waals surface area contributed by atoms with E-state index in [0.717, 1.165) is 49.0 Å². The molecule has 2 N–H and O–H groups in total. The molecule has 0 aliphatic carbocycles. The van der Waals surface area contributed by atoms with Crippen LogP contribution in [0.2, 0.25) is 5.15 Å². The van der Waals surface area contributed by atoms with Gasteiger partial charge in [-0.05, 0) is 56.0 Å². The van der Waals surface area contributed by atoms with Crippen molar-refractivity contribution in [1.29, 1.82) is 0 Å². The van der Waals surface area contributed by atoms with E-state index < -0.39 is 0 Å². The van der Waals surface area contributed by atoms with Crippen LogP contribution in [0.3, 0.4) is 0 Å². The highest BCUT2D eigenvalue weighted by atomic mass is 35.5. The number of pyridine rings is 1. The molecule has 1 aromatic carbocycles. The number of benzene rings is 1. The lowest BCUT2D eigenvalue weighted by molar-refractivity contribution is 0.310. The number of aromatic nitrogens is 1. The van der Waals surface area contributed by atoms with Crippen LogP contribution in [0.25, 0.3) is 0 Å². The summed E-state index contributed by atoms with van der Waals surface area (Å²) in [6.45, 7) is 6.82. The Bertz CT molecular complexity index is 751. The number of nitrogens with zero attached hydrogens (tertiary/aromatic N) is 2. The molecular formula is C21H29ClN4O2. The maximum absolute atomic E-state index is 5.82. The number of ether oxygens (including phenoxy) is 2. The standard InChI is InChI=1S/C21H29ClN4O2/c1-4-23-21(26-15-17-9-11-20(22)25-14-17)24-12-6-7-16-8-10-18(27-3)19(13-16)28-5-2/h8-11,13-14H,4-7,12,15H2,1-3H3,(H2,23,24,26). The van der Waals surface area contributed by atoms with Gasteiger partial charge in [0.2, 0.25) is 0 Å². The minimum atomic E-state index is 0.490. The molecule has 0 unspecified atom stereocenters. The van der Waals surface area contributed by atoms with Gasteiger partial charge < -0.3 is 20.1 Å². The molecule has 0 spiro atoms. The van der Waals surface area contributed by atoms with Crippen LogP contribution < -0.4 is 20.1 Å². The molecule has 7 heteroatoms. The van der Waals surface area contributed by atoms with Crippen molar-refractivity contribution in [3.8, 4) is 11.5 Å². The summed E-state index contributed by atoms with van der Waals surface area (Å²) in [7, 11) is 1.66. The molecule has 0 amide bonds. The summed E-state index contributed by atoms with van der Waals surface area (Å²) >= 11 is 5.82. The molecule has 0 saturated carbocycles. The molecule has 0 fully saturated rings. The van der Waals surface area contributed by atoms with Crippen molar-refractivity contribution in [2.24, 2.45) is 4.99 Å². The van der Waals surface area contributed by atoms with Gasteiger partial charge in [-0.15, -0.1) is 0 Å². The van der Waals surface area contributed by atoms with Crippen LogP contribution in [0.5, 0.6) is 11.5 Å². The van der Waals surface area contributed by atoms with Crippen LogP contribution in [-0.2, 0) is 13.0 Å². The van der Waals surface area contributed by atoms with Gasteiger partial charge in [-0.25, -0.2) is 9.98 Å². The summed E-state index contributed by atoms with van der Waals surface area (Å²) in [5.41, 5.74) is 2.24. The van der Waals surface area contributed by atoms with Gasteiger partial charge in [-0.1, -0.05) is 23.7 Å². The lowest BCUT2D eigenvalue weighted by atomic mass is 10.1. The average molecular weight is 405 g/mol. The van der Waals surface area contributed by atoms with E-state index in [1.807, 2.05) is 26.0 Å². The lowest BCUT2D eigenvalue weighted by Gasteiger charge is -2.13. The van der Waals surface area contributed by atoms with E-state index in [9.17, 15) is 0 Å². The van der Waals surface area contributed by atoms with Crippen LogP contribution in [0.1, 0.15) is 31.4 Å². The molecule has 2 aromatic rings.